The summed E-state index contributed by atoms with van der Waals surface area (Å²) in [6.07, 6.45) is 10.7. The molecule has 168 valence electrons. The molecule has 2 unspecified atom stereocenters. The van der Waals surface area contributed by atoms with Crippen molar-refractivity contribution in [2.75, 3.05) is 0 Å². The lowest BCUT2D eigenvalue weighted by Gasteiger charge is -2.29. The molecule has 2 atom stereocenters. The first-order valence-corrected chi connectivity index (χ1v) is 11.9. The molecule has 0 saturated heterocycles. The molecule has 0 N–H and O–H groups in total. The average molecular weight is 417 g/mol. The summed E-state index contributed by atoms with van der Waals surface area (Å²) < 4.78 is 10.8. The first-order chi connectivity index (χ1) is 14.4. The maximum Gasteiger partial charge on any atom is 0.338 e. The molecule has 1 aliphatic carbocycles. The van der Waals surface area contributed by atoms with Crippen LogP contribution >= 0.6 is 0 Å². The van der Waals surface area contributed by atoms with Gasteiger partial charge in [0, 0.05) is 6.42 Å². The Morgan fingerprint density at radius 1 is 0.900 bits per heavy atom. The van der Waals surface area contributed by atoms with Gasteiger partial charge in [0.2, 0.25) is 0 Å². The van der Waals surface area contributed by atoms with E-state index in [0.717, 1.165) is 12.3 Å². The van der Waals surface area contributed by atoms with Crippen LogP contribution in [-0.2, 0) is 14.3 Å². The van der Waals surface area contributed by atoms with Gasteiger partial charge < -0.3 is 9.47 Å². The summed E-state index contributed by atoms with van der Waals surface area (Å²) in [6, 6.07) is 7.89. The lowest BCUT2D eigenvalue weighted by atomic mass is 9.77. The van der Waals surface area contributed by atoms with E-state index in [-0.39, 0.29) is 11.9 Å². The van der Waals surface area contributed by atoms with Crippen LogP contribution in [0.15, 0.2) is 24.3 Å². The summed E-state index contributed by atoms with van der Waals surface area (Å²) in [5.41, 5.74) is 1.87. The molecule has 2 rings (SSSR count). The Labute approximate surface area is 182 Å². The van der Waals surface area contributed by atoms with Crippen LogP contribution in [0.3, 0.4) is 0 Å². The van der Waals surface area contributed by atoms with Gasteiger partial charge in [-0.1, -0.05) is 51.7 Å². The number of benzene rings is 1. The van der Waals surface area contributed by atoms with Gasteiger partial charge in [-0.3, -0.25) is 4.79 Å². The number of carbonyl (C=O) groups excluding carboxylic acids is 2. The van der Waals surface area contributed by atoms with Gasteiger partial charge in [0.05, 0.1) is 5.56 Å². The molecule has 0 heterocycles. The van der Waals surface area contributed by atoms with Crippen LogP contribution < -0.4 is 0 Å². The van der Waals surface area contributed by atoms with Crippen LogP contribution in [-0.4, -0.2) is 24.1 Å². The topological polar surface area (TPSA) is 52.6 Å². The van der Waals surface area contributed by atoms with Crippen molar-refractivity contribution in [2.45, 2.75) is 110 Å². The van der Waals surface area contributed by atoms with E-state index in [0.29, 0.717) is 17.9 Å². The standard InChI is InChI=1S/C26H40O4/c1-5-7-8-10-21-11-13-22(14-12-21)23-15-17-24(18-16-23)26(28)30-20(4)19(3)29-25(27)9-6-2/h15-22H,5-14H2,1-4H3/t19?,20?,21-,22-. The molecule has 1 aromatic rings. The molecule has 0 bridgehead atoms. The third kappa shape index (κ3) is 7.77. The van der Waals surface area contributed by atoms with Crippen molar-refractivity contribution in [3.8, 4) is 0 Å². The zero-order chi connectivity index (χ0) is 21.9. The van der Waals surface area contributed by atoms with Crippen molar-refractivity contribution in [1.82, 2.24) is 0 Å². The number of carbonyl (C=O) groups is 2. The molecule has 0 amide bonds. The maximum absolute atomic E-state index is 12.5. The normalized spacial score (nSPS) is 20.9. The van der Waals surface area contributed by atoms with Crippen LogP contribution in [0.5, 0.6) is 0 Å². The molecular weight excluding hydrogens is 376 g/mol. The van der Waals surface area contributed by atoms with Crippen molar-refractivity contribution >= 4 is 11.9 Å². The van der Waals surface area contributed by atoms with E-state index >= 15 is 0 Å². The highest BCUT2D eigenvalue weighted by atomic mass is 16.6. The summed E-state index contributed by atoms with van der Waals surface area (Å²) >= 11 is 0. The second-order valence-corrected chi connectivity index (χ2v) is 8.89. The van der Waals surface area contributed by atoms with Gasteiger partial charge in [-0.05, 0) is 75.5 Å². The molecule has 4 nitrogen and oxygen atoms in total. The van der Waals surface area contributed by atoms with E-state index < -0.39 is 12.2 Å². The summed E-state index contributed by atoms with van der Waals surface area (Å²) in [4.78, 5) is 24.1. The minimum atomic E-state index is -0.485. The lowest BCUT2D eigenvalue weighted by Crippen LogP contribution is -2.30. The maximum atomic E-state index is 12.5. The van der Waals surface area contributed by atoms with E-state index in [1.807, 2.05) is 19.1 Å². The van der Waals surface area contributed by atoms with Crippen molar-refractivity contribution in [1.29, 1.82) is 0 Å². The second-order valence-electron chi connectivity index (χ2n) is 8.89. The highest BCUT2D eigenvalue weighted by Gasteiger charge is 2.23. The van der Waals surface area contributed by atoms with Crippen LogP contribution in [0, 0.1) is 5.92 Å². The Morgan fingerprint density at radius 3 is 2.13 bits per heavy atom. The summed E-state index contributed by atoms with van der Waals surface area (Å²) in [5, 5.41) is 0. The minimum Gasteiger partial charge on any atom is -0.459 e. The van der Waals surface area contributed by atoms with Gasteiger partial charge in [0.25, 0.3) is 0 Å². The van der Waals surface area contributed by atoms with Gasteiger partial charge in [-0.15, -0.1) is 0 Å². The molecule has 0 aromatic heterocycles. The molecule has 1 aliphatic rings. The average Bonchev–Trinajstić information content (AvgIpc) is 2.74. The first-order valence-electron chi connectivity index (χ1n) is 11.9. The molecule has 0 spiro atoms. The van der Waals surface area contributed by atoms with Crippen LogP contribution in [0.2, 0.25) is 0 Å². The van der Waals surface area contributed by atoms with E-state index in [4.69, 9.17) is 9.47 Å². The fourth-order valence-electron chi connectivity index (χ4n) is 4.26. The quantitative estimate of drug-likeness (QED) is 0.293. The molecule has 0 aliphatic heterocycles. The van der Waals surface area contributed by atoms with E-state index in [1.165, 1.54) is 56.9 Å². The predicted octanol–water partition coefficient (Wildman–Crippen LogP) is 6.82. The second kappa shape index (κ2) is 12.8. The van der Waals surface area contributed by atoms with E-state index in [9.17, 15) is 9.59 Å². The predicted molar refractivity (Wildman–Crippen MR) is 121 cm³/mol. The van der Waals surface area contributed by atoms with Gasteiger partial charge in [0.1, 0.15) is 12.2 Å². The monoisotopic (exact) mass is 416 g/mol. The number of hydrogen-bond acceptors (Lipinski definition) is 4. The molecule has 0 radical (unpaired) electrons. The zero-order valence-corrected chi connectivity index (χ0v) is 19.3. The Hall–Kier alpha value is -1.84. The van der Waals surface area contributed by atoms with Crippen LogP contribution in [0.25, 0.3) is 0 Å². The largest absolute Gasteiger partial charge is 0.459 e. The van der Waals surface area contributed by atoms with Crippen molar-refractivity contribution in [2.24, 2.45) is 5.92 Å². The van der Waals surface area contributed by atoms with Crippen molar-refractivity contribution in [3.05, 3.63) is 35.4 Å². The van der Waals surface area contributed by atoms with E-state index in [1.54, 1.807) is 13.8 Å². The number of ether oxygens (including phenoxy) is 2. The highest BCUT2D eigenvalue weighted by molar-refractivity contribution is 5.89. The molecule has 1 fully saturated rings. The summed E-state index contributed by atoms with van der Waals surface area (Å²) in [7, 11) is 0. The third-order valence-corrected chi connectivity index (χ3v) is 6.41. The van der Waals surface area contributed by atoms with Crippen molar-refractivity contribution < 1.29 is 19.1 Å². The molecule has 1 saturated carbocycles. The van der Waals surface area contributed by atoms with Crippen LogP contribution in [0.1, 0.15) is 114 Å². The van der Waals surface area contributed by atoms with Crippen molar-refractivity contribution in [3.63, 3.8) is 0 Å². The number of hydrogen-bond donors (Lipinski definition) is 0. The molecule has 1 aromatic carbocycles. The fourth-order valence-corrected chi connectivity index (χ4v) is 4.26. The fraction of sp³-hybridized carbons (Fsp3) is 0.692. The number of esters is 2. The smallest absolute Gasteiger partial charge is 0.338 e. The van der Waals surface area contributed by atoms with Gasteiger partial charge in [-0.25, -0.2) is 4.79 Å². The molecule has 4 heteroatoms. The zero-order valence-electron chi connectivity index (χ0n) is 19.3. The Bertz CT molecular complexity index is 644. The lowest BCUT2D eigenvalue weighted by molar-refractivity contribution is -0.153. The Morgan fingerprint density at radius 2 is 1.53 bits per heavy atom. The van der Waals surface area contributed by atoms with Gasteiger partial charge in [-0.2, -0.15) is 0 Å². The Balaban J connectivity index is 1.81. The van der Waals surface area contributed by atoms with Gasteiger partial charge in [0.15, 0.2) is 0 Å². The minimum absolute atomic E-state index is 0.252. The molecule has 30 heavy (non-hydrogen) atoms. The van der Waals surface area contributed by atoms with Gasteiger partial charge >= 0.3 is 11.9 Å². The van der Waals surface area contributed by atoms with E-state index in [2.05, 4.69) is 19.1 Å². The van der Waals surface area contributed by atoms with Crippen LogP contribution in [0.4, 0.5) is 0 Å². The summed E-state index contributed by atoms with van der Waals surface area (Å²) in [5.74, 6) is 0.885. The SMILES string of the molecule is CCCCC[C@H]1CC[C@H](c2ccc(C(=O)OC(C)C(C)OC(=O)CCC)cc2)CC1. The number of rotatable bonds is 11. The highest BCUT2D eigenvalue weighted by Crippen LogP contribution is 2.37. The first kappa shape index (κ1) is 24.4. The summed E-state index contributed by atoms with van der Waals surface area (Å²) in [6.45, 7) is 7.71. The third-order valence-electron chi connectivity index (χ3n) is 6.41. The number of unbranched alkanes of at least 4 members (excludes halogenated alkanes) is 2. The Kier molecular flexibility index (Phi) is 10.4. The molecular formula is C26H40O4.